The summed E-state index contributed by atoms with van der Waals surface area (Å²) in [5.41, 5.74) is 7.41. The summed E-state index contributed by atoms with van der Waals surface area (Å²) < 4.78 is 27.9. The van der Waals surface area contributed by atoms with Crippen LogP contribution in [0.5, 0.6) is 0 Å². The van der Waals surface area contributed by atoms with Crippen LogP contribution >= 0.6 is 11.6 Å². The van der Waals surface area contributed by atoms with Gasteiger partial charge in [-0.2, -0.15) is 0 Å². The number of sulfonamides is 1. The number of benzene rings is 3. The first-order valence-corrected chi connectivity index (χ1v) is 14.7. The highest BCUT2D eigenvalue weighted by molar-refractivity contribution is 7.89. The SMILES string of the molecule is CC(NC(=O)c1nc(-c2cccc(S(=O)(=O)N(C)C)c2)cnc1N)c1cc2cccc(Cl)c2c(=O)n1-c1ccccc1. The van der Waals surface area contributed by atoms with Crippen LogP contribution in [0.4, 0.5) is 5.82 Å². The molecule has 42 heavy (non-hydrogen) atoms. The van der Waals surface area contributed by atoms with Crippen LogP contribution in [0.15, 0.2) is 94.7 Å². The predicted molar refractivity (Wildman–Crippen MR) is 163 cm³/mol. The van der Waals surface area contributed by atoms with Crippen molar-refractivity contribution in [2.75, 3.05) is 19.8 Å². The molecule has 5 rings (SSSR count). The highest BCUT2D eigenvalue weighted by atomic mass is 35.5. The maximum atomic E-state index is 13.7. The summed E-state index contributed by atoms with van der Waals surface area (Å²) in [6.45, 7) is 1.74. The maximum Gasteiger partial charge on any atom is 0.274 e. The Labute approximate surface area is 247 Å². The van der Waals surface area contributed by atoms with E-state index in [1.165, 1.54) is 37.0 Å². The summed E-state index contributed by atoms with van der Waals surface area (Å²) in [7, 11) is -0.811. The number of hydrogen-bond acceptors (Lipinski definition) is 7. The molecule has 2 heterocycles. The van der Waals surface area contributed by atoms with Crippen LogP contribution in [0.2, 0.25) is 5.02 Å². The van der Waals surface area contributed by atoms with Crippen molar-refractivity contribution in [2.24, 2.45) is 0 Å². The molecule has 0 aliphatic carbocycles. The number of rotatable bonds is 7. The molecule has 3 N–H and O–H groups in total. The standard InChI is InChI=1S/C30H27ClN6O4S/c1-18(25-16-20-10-8-14-23(31)26(20)30(39)37(25)21-11-5-4-6-12-21)34-29(38)27-28(32)33-17-24(35-27)19-9-7-13-22(15-19)42(40,41)36(2)3/h4-18H,1-3H3,(H2,32,33)(H,34,38). The van der Waals surface area contributed by atoms with Crippen molar-refractivity contribution in [1.82, 2.24) is 24.2 Å². The monoisotopic (exact) mass is 602 g/mol. The molecule has 5 aromatic rings. The molecule has 0 saturated heterocycles. The molecule has 1 unspecified atom stereocenters. The molecule has 0 bridgehead atoms. The van der Waals surface area contributed by atoms with Gasteiger partial charge >= 0.3 is 0 Å². The number of nitrogens with zero attached hydrogens (tertiary/aromatic N) is 4. The largest absolute Gasteiger partial charge is 0.382 e. The number of hydrogen-bond donors (Lipinski definition) is 2. The molecule has 1 atom stereocenters. The minimum Gasteiger partial charge on any atom is -0.382 e. The van der Waals surface area contributed by atoms with Gasteiger partial charge in [-0.25, -0.2) is 22.7 Å². The average molecular weight is 603 g/mol. The average Bonchev–Trinajstić information content (AvgIpc) is 2.97. The predicted octanol–water partition coefficient (Wildman–Crippen LogP) is 4.42. The van der Waals surface area contributed by atoms with Crippen molar-refractivity contribution >= 4 is 44.1 Å². The van der Waals surface area contributed by atoms with Crippen LogP contribution in [0.3, 0.4) is 0 Å². The number of para-hydroxylation sites is 1. The lowest BCUT2D eigenvalue weighted by atomic mass is 10.1. The molecule has 0 fully saturated rings. The summed E-state index contributed by atoms with van der Waals surface area (Å²) >= 11 is 6.40. The van der Waals surface area contributed by atoms with Crippen LogP contribution in [-0.4, -0.2) is 47.3 Å². The molecular weight excluding hydrogens is 576 g/mol. The van der Waals surface area contributed by atoms with Crippen molar-refractivity contribution in [3.63, 3.8) is 0 Å². The normalized spacial score (nSPS) is 12.4. The quantitative estimate of drug-likeness (QED) is 0.281. The van der Waals surface area contributed by atoms with E-state index in [1.54, 1.807) is 49.4 Å². The molecule has 12 heteroatoms. The highest BCUT2D eigenvalue weighted by Gasteiger charge is 2.23. The molecule has 0 aliphatic heterocycles. The molecule has 0 saturated carbocycles. The van der Waals surface area contributed by atoms with Gasteiger partial charge in [0.05, 0.1) is 33.2 Å². The number of fused-ring (bicyclic) bond motifs is 1. The van der Waals surface area contributed by atoms with Gasteiger partial charge < -0.3 is 11.1 Å². The van der Waals surface area contributed by atoms with Gasteiger partial charge in [0.25, 0.3) is 11.5 Å². The maximum absolute atomic E-state index is 13.7. The summed E-state index contributed by atoms with van der Waals surface area (Å²) in [5.74, 6) is -0.726. The Bertz CT molecular complexity index is 2000. The number of nitrogens with one attached hydrogen (secondary N) is 1. The number of nitrogens with two attached hydrogens (primary N) is 1. The number of aromatic nitrogens is 3. The first-order valence-electron chi connectivity index (χ1n) is 12.8. The number of halogens is 1. The molecule has 2 aromatic heterocycles. The topological polar surface area (TPSA) is 140 Å². The molecule has 0 spiro atoms. The van der Waals surface area contributed by atoms with Crippen LogP contribution in [0.1, 0.15) is 29.1 Å². The van der Waals surface area contributed by atoms with E-state index < -0.39 is 22.0 Å². The fourth-order valence-corrected chi connectivity index (χ4v) is 5.78. The molecule has 214 valence electrons. The number of carbonyl (C=O) groups is 1. The first-order chi connectivity index (χ1) is 20.0. The smallest absolute Gasteiger partial charge is 0.274 e. The fraction of sp³-hybridized carbons (Fsp3) is 0.133. The van der Waals surface area contributed by atoms with Crippen LogP contribution in [0, 0.1) is 0 Å². The molecule has 0 radical (unpaired) electrons. The molecular formula is C30H27ClN6O4S. The van der Waals surface area contributed by atoms with Gasteiger partial charge in [-0.1, -0.05) is 54.1 Å². The van der Waals surface area contributed by atoms with E-state index >= 15 is 0 Å². The zero-order chi connectivity index (χ0) is 30.2. The first kappa shape index (κ1) is 28.9. The van der Waals surface area contributed by atoms with Gasteiger partial charge in [0.2, 0.25) is 10.0 Å². The number of anilines is 1. The summed E-state index contributed by atoms with van der Waals surface area (Å²) in [4.78, 5) is 35.8. The van der Waals surface area contributed by atoms with Gasteiger partial charge in [0, 0.05) is 31.0 Å². The van der Waals surface area contributed by atoms with Crippen LogP contribution in [0.25, 0.3) is 27.7 Å². The zero-order valence-electron chi connectivity index (χ0n) is 22.9. The van der Waals surface area contributed by atoms with E-state index in [4.69, 9.17) is 17.3 Å². The van der Waals surface area contributed by atoms with E-state index in [1.807, 2.05) is 24.3 Å². The fourth-order valence-electron chi connectivity index (χ4n) is 4.57. The summed E-state index contributed by atoms with van der Waals surface area (Å²) in [6, 6.07) is 21.6. The third kappa shape index (κ3) is 5.37. The lowest BCUT2D eigenvalue weighted by molar-refractivity contribution is 0.0934. The Balaban J connectivity index is 1.53. The lowest BCUT2D eigenvalue weighted by Crippen LogP contribution is -2.33. The van der Waals surface area contributed by atoms with Crippen molar-refractivity contribution in [3.8, 4) is 16.9 Å². The Hall–Kier alpha value is -4.58. The van der Waals surface area contributed by atoms with E-state index in [-0.39, 0.29) is 27.7 Å². The Kier molecular flexibility index (Phi) is 7.83. The minimum atomic E-state index is -3.69. The van der Waals surface area contributed by atoms with Crippen molar-refractivity contribution in [3.05, 3.63) is 112 Å². The van der Waals surface area contributed by atoms with E-state index in [2.05, 4.69) is 15.3 Å². The zero-order valence-corrected chi connectivity index (χ0v) is 24.5. The second kappa shape index (κ2) is 11.4. The van der Waals surface area contributed by atoms with Crippen molar-refractivity contribution in [1.29, 1.82) is 0 Å². The second-order valence-corrected chi connectivity index (χ2v) is 12.3. The highest BCUT2D eigenvalue weighted by Crippen LogP contribution is 2.27. The van der Waals surface area contributed by atoms with Crippen LogP contribution < -0.4 is 16.6 Å². The third-order valence-corrected chi connectivity index (χ3v) is 8.88. The Morgan fingerprint density at radius 3 is 2.45 bits per heavy atom. The Morgan fingerprint density at radius 1 is 1.02 bits per heavy atom. The number of nitrogen functional groups attached to an aromatic ring is 1. The van der Waals surface area contributed by atoms with Gasteiger partial charge in [-0.3, -0.25) is 14.2 Å². The van der Waals surface area contributed by atoms with Gasteiger partial charge in [0.1, 0.15) is 0 Å². The van der Waals surface area contributed by atoms with E-state index in [9.17, 15) is 18.0 Å². The minimum absolute atomic E-state index is 0.0681. The molecule has 10 nitrogen and oxygen atoms in total. The van der Waals surface area contributed by atoms with Crippen LogP contribution in [-0.2, 0) is 10.0 Å². The number of carbonyl (C=O) groups excluding carboxylic acids is 1. The number of amides is 1. The molecule has 3 aromatic carbocycles. The molecule has 0 aliphatic rings. The van der Waals surface area contributed by atoms with Crippen molar-refractivity contribution in [2.45, 2.75) is 17.9 Å². The third-order valence-electron chi connectivity index (χ3n) is 6.75. The summed E-state index contributed by atoms with van der Waals surface area (Å²) in [6.07, 6.45) is 1.37. The lowest BCUT2D eigenvalue weighted by Gasteiger charge is -2.21. The van der Waals surface area contributed by atoms with Gasteiger partial charge in [-0.05, 0) is 48.7 Å². The Morgan fingerprint density at radius 2 is 1.74 bits per heavy atom. The van der Waals surface area contributed by atoms with Gasteiger partial charge in [0.15, 0.2) is 11.5 Å². The van der Waals surface area contributed by atoms with E-state index in [0.29, 0.717) is 32.7 Å². The van der Waals surface area contributed by atoms with E-state index in [0.717, 1.165) is 4.31 Å². The van der Waals surface area contributed by atoms with Crippen molar-refractivity contribution < 1.29 is 13.2 Å². The second-order valence-electron chi connectivity index (χ2n) is 9.75. The molecule has 1 amide bonds. The number of pyridine rings is 1. The summed E-state index contributed by atoms with van der Waals surface area (Å²) in [5, 5.41) is 4.21. The van der Waals surface area contributed by atoms with Gasteiger partial charge in [-0.15, -0.1) is 0 Å².